The van der Waals surface area contributed by atoms with Crippen LogP contribution >= 0.6 is 11.6 Å². The maximum absolute atomic E-state index is 6.42. The smallest absolute Gasteiger partial charge is 0.157 e. The van der Waals surface area contributed by atoms with E-state index in [2.05, 4.69) is 39.2 Å². The molecule has 1 N–H and O–H groups in total. The predicted molar refractivity (Wildman–Crippen MR) is 120 cm³/mol. The molecule has 0 saturated heterocycles. The number of pyridine rings is 1. The van der Waals surface area contributed by atoms with Gasteiger partial charge in [0.1, 0.15) is 11.3 Å². The van der Waals surface area contributed by atoms with Crippen LogP contribution in [0.15, 0.2) is 43.0 Å². The van der Waals surface area contributed by atoms with E-state index in [0.29, 0.717) is 10.8 Å². The first kappa shape index (κ1) is 19.4. The summed E-state index contributed by atoms with van der Waals surface area (Å²) in [5.41, 5.74) is 4.51. The zero-order valence-electron chi connectivity index (χ0n) is 17.0. The highest BCUT2D eigenvalue weighted by atomic mass is 35.5. The number of likely N-dealkylation sites (N-methyl/N-ethyl adjacent to an activating group) is 2. The van der Waals surface area contributed by atoms with Gasteiger partial charge in [-0.3, -0.25) is 4.40 Å². The first-order valence-electron chi connectivity index (χ1n) is 9.44. The lowest BCUT2D eigenvalue weighted by atomic mass is 10.2. The standard InChI is InChI=1S/C21H24ClN7/c1-14-6-5-7-15(22)20(14)26-21-18-11-23-13-29(18)17-12-24-19(10-16(17)25-21)28(4)9-8-27(2)3/h5-7,10-13H,8-9H2,1-4H3,(H,25,26). The second kappa shape index (κ2) is 7.85. The number of rotatable bonds is 6. The van der Waals surface area contributed by atoms with E-state index in [1.54, 1.807) is 12.5 Å². The molecule has 8 heteroatoms. The van der Waals surface area contributed by atoms with Crippen LogP contribution in [0.1, 0.15) is 5.56 Å². The van der Waals surface area contributed by atoms with Crippen LogP contribution in [-0.2, 0) is 0 Å². The molecular weight excluding hydrogens is 386 g/mol. The molecule has 0 aliphatic rings. The van der Waals surface area contributed by atoms with Gasteiger partial charge in [-0.2, -0.15) is 0 Å². The van der Waals surface area contributed by atoms with Crippen LogP contribution in [0.5, 0.6) is 0 Å². The maximum atomic E-state index is 6.42. The normalized spacial score (nSPS) is 11.5. The number of nitrogens with zero attached hydrogens (tertiary/aromatic N) is 6. The lowest BCUT2D eigenvalue weighted by Gasteiger charge is -2.21. The maximum Gasteiger partial charge on any atom is 0.157 e. The fourth-order valence-electron chi connectivity index (χ4n) is 3.22. The molecule has 150 valence electrons. The Morgan fingerprint density at radius 2 is 1.93 bits per heavy atom. The molecule has 0 radical (unpaired) electrons. The van der Waals surface area contributed by atoms with Gasteiger partial charge in [-0.1, -0.05) is 23.7 Å². The van der Waals surface area contributed by atoms with Gasteiger partial charge in [0.15, 0.2) is 5.82 Å². The number of aromatic nitrogens is 4. The lowest BCUT2D eigenvalue weighted by Crippen LogP contribution is -2.29. The van der Waals surface area contributed by atoms with E-state index in [0.717, 1.165) is 46.7 Å². The van der Waals surface area contributed by atoms with Crippen molar-refractivity contribution in [3.8, 4) is 0 Å². The van der Waals surface area contributed by atoms with Crippen LogP contribution in [0.2, 0.25) is 5.02 Å². The van der Waals surface area contributed by atoms with Crippen molar-refractivity contribution in [3.63, 3.8) is 0 Å². The van der Waals surface area contributed by atoms with E-state index < -0.39 is 0 Å². The van der Waals surface area contributed by atoms with Gasteiger partial charge < -0.3 is 15.1 Å². The van der Waals surface area contributed by atoms with Gasteiger partial charge in [0, 0.05) is 26.2 Å². The van der Waals surface area contributed by atoms with Crippen LogP contribution in [0, 0.1) is 6.92 Å². The third kappa shape index (κ3) is 3.83. The molecule has 0 atom stereocenters. The van der Waals surface area contributed by atoms with Crippen molar-refractivity contribution in [3.05, 3.63) is 53.6 Å². The lowest BCUT2D eigenvalue weighted by molar-refractivity contribution is 0.416. The molecule has 4 rings (SSSR count). The second-order valence-corrected chi connectivity index (χ2v) is 7.83. The minimum Gasteiger partial charge on any atom is -0.358 e. The highest BCUT2D eigenvalue weighted by Crippen LogP contribution is 2.31. The van der Waals surface area contributed by atoms with Crippen LogP contribution in [-0.4, -0.2) is 58.5 Å². The van der Waals surface area contributed by atoms with Crippen molar-refractivity contribution in [2.24, 2.45) is 0 Å². The summed E-state index contributed by atoms with van der Waals surface area (Å²) in [6.07, 6.45) is 5.42. The first-order chi connectivity index (χ1) is 13.9. The van der Waals surface area contributed by atoms with Crippen LogP contribution in [0.3, 0.4) is 0 Å². The zero-order valence-corrected chi connectivity index (χ0v) is 17.8. The molecular formula is C21H24ClN7. The van der Waals surface area contributed by atoms with Crippen LogP contribution in [0.4, 0.5) is 17.3 Å². The van der Waals surface area contributed by atoms with E-state index in [4.69, 9.17) is 16.6 Å². The van der Waals surface area contributed by atoms with Gasteiger partial charge in [0.05, 0.1) is 40.5 Å². The highest BCUT2D eigenvalue weighted by Gasteiger charge is 2.14. The monoisotopic (exact) mass is 409 g/mol. The van der Waals surface area contributed by atoms with Crippen molar-refractivity contribution in [2.75, 3.05) is 44.4 Å². The summed E-state index contributed by atoms with van der Waals surface area (Å²) in [5.74, 6) is 1.59. The Morgan fingerprint density at radius 3 is 2.69 bits per heavy atom. The quantitative estimate of drug-likeness (QED) is 0.519. The molecule has 0 fully saturated rings. The van der Waals surface area contributed by atoms with Gasteiger partial charge >= 0.3 is 0 Å². The molecule has 0 spiro atoms. The number of benzene rings is 1. The molecule has 29 heavy (non-hydrogen) atoms. The number of anilines is 3. The topological polar surface area (TPSA) is 61.6 Å². The molecule has 0 bridgehead atoms. The molecule has 0 unspecified atom stereocenters. The fraction of sp³-hybridized carbons (Fsp3) is 0.286. The predicted octanol–water partition coefficient (Wildman–Crippen LogP) is 3.98. The SMILES string of the molecule is Cc1cccc(Cl)c1Nc1nc2cc(N(C)CCN(C)C)ncc2n2cncc12. The Morgan fingerprint density at radius 1 is 1.10 bits per heavy atom. The Balaban J connectivity index is 1.78. The molecule has 0 saturated carbocycles. The van der Waals surface area contributed by atoms with Crippen LogP contribution < -0.4 is 10.2 Å². The number of hydrogen-bond donors (Lipinski definition) is 1. The van der Waals surface area contributed by atoms with E-state index in [1.165, 1.54) is 0 Å². The van der Waals surface area contributed by atoms with E-state index in [-0.39, 0.29) is 0 Å². The third-order valence-corrected chi connectivity index (χ3v) is 5.27. The summed E-state index contributed by atoms with van der Waals surface area (Å²) in [6.45, 7) is 3.84. The summed E-state index contributed by atoms with van der Waals surface area (Å²) in [6, 6.07) is 7.83. The Hall–Kier alpha value is -2.90. The molecule has 3 heterocycles. The molecule has 4 aromatic rings. The number of halogens is 1. The molecule has 0 aliphatic heterocycles. The number of para-hydroxylation sites is 1. The number of aryl methyl sites for hydroxylation is 1. The summed E-state index contributed by atoms with van der Waals surface area (Å²) < 4.78 is 1.99. The average molecular weight is 410 g/mol. The van der Waals surface area contributed by atoms with Gasteiger partial charge in [0.25, 0.3) is 0 Å². The van der Waals surface area contributed by atoms with Gasteiger partial charge in [0.2, 0.25) is 0 Å². The third-order valence-electron chi connectivity index (χ3n) is 4.96. The fourth-order valence-corrected chi connectivity index (χ4v) is 3.48. The van der Waals surface area contributed by atoms with Crippen molar-refractivity contribution in [1.82, 2.24) is 24.3 Å². The molecule has 7 nitrogen and oxygen atoms in total. The average Bonchev–Trinajstić information content (AvgIpc) is 3.19. The van der Waals surface area contributed by atoms with Gasteiger partial charge in [-0.15, -0.1) is 0 Å². The Bertz CT molecular complexity index is 1150. The highest BCUT2D eigenvalue weighted by molar-refractivity contribution is 6.33. The summed E-state index contributed by atoms with van der Waals surface area (Å²) in [5, 5.41) is 4.06. The van der Waals surface area contributed by atoms with E-state index in [1.807, 2.05) is 48.8 Å². The second-order valence-electron chi connectivity index (χ2n) is 7.42. The number of fused-ring (bicyclic) bond motifs is 3. The number of imidazole rings is 1. The molecule has 0 amide bonds. The molecule has 3 aromatic heterocycles. The largest absolute Gasteiger partial charge is 0.358 e. The Labute approximate surface area is 175 Å². The summed E-state index contributed by atoms with van der Waals surface area (Å²) >= 11 is 6.42. The first-order valence-corrected chi connectivity index (χ1v) is 9.81. The van der Waals surface area contributed by atoms with Crippen molar-refractivity contribution < 1.29 is 0 Å². The van der Waals surface area contributed by atoms with Crippen molar-refractivity contribution >= 4 is 45.5 Å². The van der Waals surface area contributed by atoms with Crippen molar-refractivity contribution in [2.45, 2.75) is 6.92 Å². The number of nitrogens with one attached hydrogen (secondary N) is 1. The van der Waals surface area contributed by atoms with E-state index >= 15 is 0 Å². The zero-order chi connectivity index (χ0) is 20.5. The Kier molecular flexibility index (Phi) is 5.25. The minimum atomic E-state index is 0.656. The van der Waals surface area contributed by atoms with Gasteiger partial charge in [-0.25, -0.2) is 15.0 Å². The number of hydrogen-bond acceptors (Lipinski definition) is 6. The van der Waals surface area contributed by atoms with Gasteiger partial charge in [-0.05, 0) is 32.6 Å². The van der Waals surface area contributed by atoms with E-state index in [9.17, 15) is 0 Å². The molecule has 0 aliphatic carbocycles. The summed E-state index contributed by atoms with van der Waals surface area (Å²) in [7, 11) is 6.17. The minimum absolute atomic E-state index is 0.656. The molecule has 1 aromatic carbocycles. The summed E-state index contributed by atoms with van der Waals surface area (Å²) in [4.78, 5) is 18.1. The van der Waals surface area contributed by atoms with Crippen molar-refractivity contribution in [1.29, 1.82) is 0 Å². The van der Waals surface area contributed by atoms with Crippen LogP contribution in [0.25, 0.3) is 16.6 Å².